The SMILES string of the molecule is Cc1nc(CCNc2cc(Br)c(F)cc2[N+](=O)[O-])no1. The third-order valence-corrected chi connectivity index (χ3v) is 3.08. The molecular formula is C11H10BrFN4O3. The highest BCUT2D eigenvalue weighted by atomic mass is 79.9. The first-order valence-electron chi connectivity index (χ1n) is 5.64. The van der Waals surface area contributed by atoms with Gasteiger partial charge < -0.3 is 9.84 Å². The van der Waals surface area contributed by atoms with E-state index in [2.05, 4.69) is 31.4 Å². The van der Waals surface area contributed by atoms with E-state index >= 15 is 0 Å². The average molecular weight is 345 g/mol. The lowest BCUT2D eigenvalue weighted by atomic mass is 10.2. The van der Waals surface area contributed by atoms with Crippen LogP contribution in [-0.4, -0.2) is 21.6 Å². The van der Waals surface area contributed by atoms with Gasteiger partial charge in [-0.15, -0.1) is 0 Å². The highest BCUT2D eigenvalue weighted by Crippen LogP contribution is 2.30. The van der Waals surface area contributed by atoms with Crippen molar-refractivity contribution in [2.24, 2.45) is 0 Å². The van der Waals surface area contributed by atoms with Crippen LogP contribution in [0.1, 0.15) is 11.7 Å². The molecule has 0 aliphatic carbocycles. The molecule has 1 aromatic carbocycles. The van der Waals surface area contributed by atoms with Gasteiger partial charge in [0.25, 0.3) is 5.69 Å². The lowest BCUT2D eigenvalue weighted by Gasteiger charge is -2.07. The fourth-order valence-electron chi connectivity index (χ4n) is 1.58. The first-order valence-corrected chi connectivity index (χ1v) is 6.43. The van der Waals surface area contributed by atoms with Gasteiger partial charge >= 0.3 is 0 Å². The Morgan fingerprint density at radius 2 is 2.30 bits per heavy atom. The van der Waals surface area contributed by atoms with Crippen molar-refractivity contribution in [3.8, 4) is 0 Å². The summed E-state index contributed by atoms with van der Waals surface area (Å²) in [5, 5.41) is 17.4. The molecule has 0 saturated heterocycles. The van der Waals surface area contributed by atoms with Crippen molar-refractivity contribution in [1.29, 1.82) is 0 Å². The van der Waals surface area contributed by atoms with Crippen LogP contribution in [0.25, 0.3) is 0 Å². The molecule has 0 amide bonds. The highest BCUT2D eigenvalue weighted by molar-refractivity contribution is 9.10. The molecule has 0 atom stereocenters. The number of rotatable bonds is 5. The number of halogens is 2. The van der Waals surface area contributed by atoms with Crippen LogP contribution in [0.5, 0.6) is 0 Å². The third-order valence-electron chi connectivity index (χ3n) is 2.47. The Labute approximate surface area is 121 Å². The predicted octanol–water partition coefficient (Wildman–Crippen LogP) is 2.84. The highest BCUT2D eigenvalue weighted by Gasteiger charge is 2.17. The molecule has 0 fully saturated rings. The number of nitro benzene ring substituents is 1. The zero-order chi connectivity index (χ0) is 14.7. The number of hydrogen-bond donors (Lipinski definition) is 1. The van der Waals surface area contributed by atoms with Gasteiger partial charge in [-0.2, -0.15) is 4.98 Å². The summed E-state index contributed by atoms with van der Waals surface area (Å²) in [6, 6.07) is 2.19. The number of nitrogens with one attached hydrogen (secondary N) is 1. The van der Waals surface area contributed by atoms with Crippen LogP contribution in [0.4, 0.5) is 15.8 Å². The molecule has 20 heavy (non-hydrogen) atoms. The van der Waals surface area contributed by atoms with E-state index in [1.165, 1.54) is 6.07 Å². The minimum absolute atomic E-state index is 0.154. The zero-order valence-electron chi connectivity index (χ0n) is 10.4. The smallest absolute Gasteiger partial charge is 0.295 e. The van der Waals surface area contributed by atoms with Gasteiger partial charge in [0.1, 0.15) is 11.5 Å². The van der Waals surface area contributed by atoms with Crippen LogP contribution >= 0.6 is 15.9 Å². The molecule has 7 nitrogen and oxygen atoms in total. The Morgan fingerprint density at radius 1 is 1.55 bits per heavy atom. The first-order chi connectivity index (χ1) is 9.47. The van der Waals surface area contributed by atoms with Crippen molar-refractivity contribution < 1.29 is 13.8 Å². The van der Waals surface area contributed by atoms with Crippen LogP contribution in [0.2, 0.25) is 0 Å². The van der Waals surface area contributed by atoms with Crippen LogP contribution in [0, 0.1) is 22.9 Å². The van der Waals surface area contributed by atoms with Gasteiger partial charge in [-0.1, -0.05) is 5.16 Å². The number of anilines is 1. The Kier molecular flexibility index (Phi) is 4.28. The average Bonchev–Trinajstić information content (AvgIpc) is 2.79. The molecule has 0 radical (unpaired) electrons. The van der Waals surface area contributed by atoms with Crippen molar-refractivity contribution in [3.63, 3.8) is 0 Å². The van der Waals surface area contributed by atoms with Crippen LogP contribution in [0.15, 0.2) is 21.1 Å². The summed E-state index contributed by atoms with van der Waals surface area (Å²) in [5.74, 6) is 0.269. The number of nitrogens with zero attached hydrogens (tertiary/aromatic N) is 3. The predicted molar refractivity (Wildman–Crippen MR) is 72.0 cm³/mol. The van der Waals surface area contributed by atoms with Gasteiger partial charge in [0.05, 0.1) is 15.5 Å². The molecule has 0 aliphatic heterocycles. The number of nitro groups is 1. The van der Waals surface area contributed by atoms with Gasteiger partial charge in [-0.3, -0.25) is 10.1 Å². The Hall–Kier alpha value is -2.03. The van der Waals surface area contributed by atoms with E-state index in [0.29, 0.717) is 24.7 Å². The molecule has 2 rings (SSSR count). The van der Waals surface area contributed by atoms with Crippen LogP contribution in [-0.2, 0) is 6.42 Å². The van der Waals surface area contributed by atoms with E-state index in [1.54, 1.807) is 6.92 Å². The van der Waals surface area contributed by atoms with Crippen LogP contribution < -0.4 is 5.32 Å². The van der Waals surface area contributed by atoms with Crippen molar-refractivity contribution in [2.45, 2.75) is 13.3 Å². The zero-order valence-corrected chi connectivity index (χ0v) is 12.0. The molecule has 1 N–H and O–H groups in total. The quantitative estimate of drug-likeness (QED) is 0.661. The Morgan fingerprint density at radius 3 is 2.90 bits per heavy atom. The summed E-state index contributed by atoms with van der Waals surface area (Å²) in [6.07, 6.45) is 0.434. The van der Waals surface area contributed by atoms with Gasteiger partial charge in [0.2, 0.25) is 5.89 Å². The van der Waals surface area contributed by atoms with E-state index in [9.17, 15) is 14.5 Å². The third kappa shape index (κ3) is 3.29. The summed E-state index contributed by atoms with van der Waals surface area (Å²) in [4.78, 5) is 14.2. The normalized spacial score (nSPS) is 10.6. The van der Waals surface area contributed by atoms with E-state index in [-0.39, 0.29) is 15.8 Å². The van der Waals surface area contributed by atoms with Crippen molar-refractivity contribution in [2.75, 3.05) is 11.9 Å². The number of hydrogen-bond acceptors (Lipinski definition) is 6. The van der Waals surface area contributed by atoms with E-state index in [0.717, 1.165) is 6.07 Å². The summed E-state index contributed by atoms with van der Waals surface area (Å²) < 4.78 is 18.3. The number of aromatic nitrogens is 2. The molecule has 106 valence electrons. The molecule has 0 saturated carbocycles. The fourth-order valence-corrected chi connectivity index (χ4v) is 1.92. The summed E-state index contributed by atoms with van der Waals surface area (Å²) in [7, 11) is 0. The molecule has 1 heterocycles. The lowest BCUT2D eigenvalue weighted by molar-refractivity contribution is -0.384. The maximum absolute atomic E-state index is 13.3. The molecule has 0 aliphatic rings. The fraction of sp³-hybridized carbons (Fsp3) is 0.273. The van der Waals surface area contributed by atoms with Gasteiger partial charge in [-0.25, -0.2) is 4.39 Å². The standard InChI is InChI=1S/C11H10BrFN4O3/c1-6-15-11(16-20-6)2-3-14-9-4-7(12)8(13)5-10(9)17(18)19/h4-5,14H,2-3H2,1H3. The second-order valence-corrected chi connectivity index (χ2v) is 4.80. The van der Waals surface area contributed by atoms with Gasteiger partial charge in [0.15, 0.2) is 5.82 Å². The summed E-state index contributed by atoms with van der Waals surface area (Å²) in [6.45, 7) is 2.03. The number of benzene rings is 1. The van der Waals surface area contributed by atoms with E-state index in [4.69, 9.17) is 4.52 Å². The lowest BCUT2D eigenvalue weighted by Crippen LogP contribution is -2.08. The maximum Gasteiger partial charge on any atom is 0.295 e. The molecule has 0 unspecified atom stereocenters. The van der Waals surface area contributed by atoms with Crippen molar-refractivity contribution in [3.05, 3.63) is 44.3 Å². The van der Waals surface area contributed by atoms with Gasteiger partial charge in [-0.05, 0) is 22.0 Å². The van der Waals surface area contributed by atoms with Gasteiger partial charge in [0, 0.05) is 19.9 Å². The minimum Gasteiger partial charge on any atom is -0.379 e. The number of aryl methyl sites for hydroxylation is 1. The molecule has 9 heteroatoms. The van der Waals surface area contributed by atoms with Crippen molar-refractivity contribution in [1.82, 2.24) is 10.1 Å². The minimum atomic E-state index is -0.684. The largest absolute Gasteiger partial charge is 0.379 e. The summed E-state index contributed by atoms with van der Waals surface area (Å²) >= 11 is 2.99. The molecule has 0 bridgehead atoms. The Balaban J connectivity index is 2.08. The molecule has 2 aromatic rings. The first kappa shape index (κ1) is 14.4. The molecule has 0 spiro atoms. The Bertz CT molecular complexity index is 647. The van der Waals surface area contributed by atoms with Crippen molar-refractivity contribution >= 4 is 27.3 Å². The van der Waals surface area contributed by atoms with E-state index in [1.807, 2.05) is 0 Å². The second kappa shape index (κ2) is 5.95. The molecular weight excluding hydrogens is 335 g/mol. The van der Waals surface area contributed by atoms with E-state index < -0.39 is 10.7 Å². The maximum atomic E-state index is 13.3. The van der Waals surface area contributed by atoms with Crippen LogP contribution in [0.3, 0.4) is 0 Å². The summed E-state index contributed by atoms with van der Waals surface area (Å²) in [5.41, 5.74) is -0.0986. The second-order valence-electron chi connectivity index (χ2n) is 3.95. The monoisotopic (exact) mass is 344 g/mol. The molecule has 1 aromatic heterocycles. The topological polar surface area (TPSA) is 94.1 Å².